The summed E-state index contributed by atoms with van der Waals surface area (Å²) in [4.78, 5) is 25.7. The molecule has 0 aromatic rings. The number of hydrogen-bond acceptors (Lipinski definition) is 8. The van der Waals surface area contributed by atoms with Crippen LogP contribution in [-0.2, 0) is 29.0 Å². The van der Waals surface area contributed by atoms with Crippen LogP contribution in [0.5, 0.6) is 0 Å². The van der Waals surface area contributed by atoms with Gasteiger partial charge in [0, 0.05) is 0 Å². The van der Waals surface area contributed by atoms with Gasteiger partial charge >= 0.3 is 22.3 Å². The standard InChI is InChI=1S/C6H11NO8S/c1-4(8)7-14-5(9)2-3-6(10)15-16(11,12)13/h4,7-8H,2-3H2,1H3,(H,11,12,13). The Hall–Kier alpha value is -1.23. The van der Waals surface area contributed by atoms with E-state index < -0.39 is 41.4 Å². The van der Waals surface area contributed by atoms with Gasteiger partial charge in [0.1, 0.15) is 6.23 Å². The summed E-state index contributed by atoms with van der Waals surface area (Å²) in [5, 5.41) is 8.64. The molecule has 1 atom stereocenters. The van der Waals surface area contributed by atoms with Crippen molar-refractivity contribution < 1.29 is 36.7 Å². The van der Waals surface area contributed by atoms with Crippen LogP contribution in [-0.4, -0.2) is 36.2 Å². The fourth-order valence-electron chi connectivity index (χ4n) is 0.565. The van der Waals surface area contributed by atoms with Gasteiger partial charge in [-0.25, -0.2) is 0 Å². The number of hydroxylamine groups is 1. The molecule has 0 amide bonds. The molecule has 0 fully saturated rings. The van der Waals surface area contributed by atoms with Crippen molar-refractivity contribution in [2.45, 2.75) is 26.0 Å². The van der Waals surface area contributed by atoms with Crippen molar-refractivity contribution in [2.75, 3.05) is 0 Å². The Labute approximate surface area is 91.2 Å². The average molecular weight is 257 g/mol. The molecule has 9 nitrogen and oxygen atoms in total. The predicted octanol–water partition coefficient (Wildman–Crippen LogP) is -1.50. The number of nitrogens with one attached hydrogen (secondary N) is 1. The van der Waals surface area contributed by atoms with Crippen molar-refractivity contribution >= 4 is 22.3 Å². The number of hydrogen-bond donors (Lipinski definition) is 3. The first kappa shape index (κ1) is 14.8. The van der Waals surface area contributed by atoms with Crippen molar-refractivity contribution in [1.29, 1.82) is 0 Å². The van der Waals surface area contributed by atoms with Gasteiger partial charge in [0.25, 0.3) is 0 Å². The van der Waals surface area contributed by atoms with Crippen LogP contribution in [0.25, 0.3) is 0 Å². The summed E-state index contributed by atoms with van der Waals surface area (Å²) < 4.78 is 31.7. The molecular formula is C6H11NO8S. The summed E-state index contributed by atoms with van der Waals surface area (Å²) in [5.41, 5.74) is 1.90. The third-order valence-corrected chi connectivity index (χ3v) is 1.47. The largest absolute Gasteiger partial charge is 0.448 e. The minimum atomic E-state index is -4.85. The zero-order chi connectivity index (χ0) is 12.8. The SMILES string of the molecule is CC(O)NOC(=O)CCC(=O)OS(=O)(=O)O. The van der Waals surface area contributed by atoms with Crippen LogP contribution in [0, 0.1) is 0 Å². The molecule has 0 heterocycles. The van der Waals surface area contributed by atoms with Crippen LogP contribution < -0.4 is 5.48 Å². The lowest BCUT2D eigenvalue weighted by Crippen LogP contribution is -2.28. The summed E-state index contributed by atoms with van der Waals surface area (Å²) in [6.45, 7) is 1.29. The highest BCUT2D eigenvalue weighted by Gasteiger charge is 2.15. The highest BCUT2D eigenvalue weighted by Crippen LogP contribution is 1.98. The van der Waals surface area contributed by atoms with E-state index in [1.165, 1.54) is 6.92 Å². The van der Waals surface area contributed by atoms with Crippen LogP contribution in [0.1, 0.15) is 19.8 Å². The topological polar surface area (TPSA) is 139 Å². The number of aliphatic hydroxyl groups is 1. The Kier molecular flexibility index (Phi) is 5.88. The van der Waals surface area contributed by atoms with Gasteiger partial charge in [-0.3, -0.25) is 14.1 Å². The molecule has 0 aliphatic heterocycles. The first-order valence-corrected chi connectivity index (χ1v) is 5.40. The molecule has 0 radical (unpaired) electrons. The molecule has 0 spiro atoms. The van der Waals surface area contributed by atoms with Gasteiger partial charge in [-0.15, -0.1) is 5.48 Å². The smallest absolute Gasteiger partial charge is 0.376 e. The molecule has 0 bridgehead atoms. The van der Waals surface area contributed by atoms with Gasteiger partial charge in [0.05, 0.1) is 12.8 Å². The first-order chi connectivity index (χ1) is 7.20. The summed E-state index contributed by atoms with van der Waals surface area (Å²) in [5.74, 6) is -2.19. The molecule has 16 heavy (non-hydrogen) atoms. The molecule has 0 saturated carbocycles. The average Bonchev–Trinajstić information content (AvgIpc) is 2.08. The van der Waals surface area contributed by atoms with Crippen LogP contribution >= 0.6 is 0 Å². The molecule has 0 rings (SSSR count). The van der Waals surface area contributed by atoms with Gasteiger partial charge in [0.15, 0.2) is 0 Å². The van der Waals surface area contributed by atoms with Gasteiger partial charge in [-0.1, -0.05) is 0 Å². The van der Waals surface area contributed by atoms with E-state index in [4.69, 9.17) is 9.66 Å². The Morgan fingerprint density at radius 3 is 2.25 bits per heavy atom. The lowest BCUT2D eigenvalue weighted by molar-refractivity contribution is -0.159. The van der Waals surface area contributed by atoms with E-state index >= 15 is 0 Å². The number of aliphatic hydroxyl groups excluding tert-OH is 1. The van der Waals surface area contributed by atoms with E-state index in [1.807, 2.05) is 5.48 Å². The summed E-state index contributed by atoms with van der Waals surface area (Å²) in [7, 11) is -4.85. The third-order valence-electron chi connectivity index (χ3n) is 1.07. The third kappa shape index (κ3) is 9.33. The highest BCUT2D eigenvalue weighted by molar-refractivity contribution is 7.81. The Morgan fingerprint density at radius 2 is 1.81 bits per heavy atom. The second-order valence-corrected chi connectivity index (χ2v) is 3.67. The zero-order valence-electron chi connectivity index (χ0n) is 8.24. The van der Waals surface area contributed by atoms with Gasteiger partial charge < -0.3 is 14.1 Å². The molecule has 0 aliphatic rings. The van der Waals surface area contributed by atoms with Crippen molar-refractivity contribution in [3.8, 4) is 0 Å². The summed E-state index contributed by atoms with van der Waals surface area (Å²) >= 11 is 0. The maximum Gasteiger partial charge on any atom is 0.448 e. The van der Waals surface area contributed by atoms with E-state index in [0.717, 1.165) is 0 Å². The van der Waals surface area contributed by atoms with Gasteiger partial charge in [-0.2, -0.15) is 8.42 Å². The first-order valence-electron chi connectivity index (χ1n) is 4.03. The molecular weight excluding hydrogens is 246 g/mol. The quantitative estimate of drug-likeness (QED) is 0.294. The van der Waals surface area contributed by atoms with Crippen LogP contribution in [0.4, 0.5) is 0 Å². The number of carbonyl (C=O) groups excluding carboxylic acids is 2. The van der Waals surface area contributed by atoms with Crippen molar-refractivity contribution in [3.05, 3.63) is 0 Å². The zero-order valence-corrected chi connectivity index (χ0v) is 9.06. The van der Waals surface area contributed by atoms with Crippen LogP contribution in [0.2, 0.25) is 0 Å². The lowest BCUT2D eigenvalue weighted by atomic mass is 10.3. The molecule has 94 valence electrons. The molecule has 0 aliphatic carbocycles. The summed E-state index contributed by atoms with van der Waals surface area (Å²) in [6, 6.07) is 0. The number of rotatable bonds is 6. The maximum absolute atomic E-state index is 10.8. The summed E-state index contributed by atoms with van der Waals surface area (Å²) in [6.07, 6.45) is -2.12. The fourth-order valence-corrected chi connectivity index (χ4v) is 0.884. The highest BCUT2D eigenvalue weighted by atomic mass is 32.3. The fraction of sp³-hybridized carbons (Fsp3) is 0.667. The molecule has 0 saturated heterocycles. The number of carbonyl (C=O) groups is 2. The lowest BCUT2D eigenvalue weighted by Gasteiger charge is -2.06. The van der Waals surface area contributed by atoms with Gasteiger partial charge in [-0.05, 0) is 6.92 Å². The van der Waals surface area contributed by atoms with Crippen LogP contribution in [0.3, 0.4) is 0 Å². The van der Waals surface area contributed by atoms with Crippen molar-refractivity contribution in [2.24, 2.45) is 0 Å². The minimum absolute atomic E-state index is 0.464. The van der Waals surface area contributed by atoms with E-state index in [9.17, 15) is 18.0 Å². The van der Waals surface area contributed by atoms with Crippen molar-refractivity contribution in [1.82, 2.24) is 5.48 Å². The minimum Gasteiger partial charge on any atom is -0.376 e. The monoisotopic (exact) mass is 257 g/mol. The normalized spacial score (nSPS) is 12.9. The second-order valence-electron chi connectivity index (χ2n) is 2.65. The molecule has 10 heteroatoms. The van der Waals surface area contributed by atoms with E-state index in [-0.39, 0.29) is 0 Å². The molecule has 1 unspecified atom stereocenters. The van der Waals surface area contributed by atoms with Crippen molar-refractivity contribution in [3.63, 3.8) is 0 Å². The van der Waals surface area contributed by atoms with Gasteiger partial charge in [0.2, 0.25) is 0 Å². The maximum atomic E-state index is 10.8. The molecule has 0 aromatic heterocycles. The van der Waals surface area contributed by atoms with Crippen LogP contribution in [0.15, 0.2) is 0 Å². The van der Waals surface area contributed by atoms with E-state index in [2.05, 4.69) is 9.02 Å². The Morgan fingerprint density at radius 1 is 1.31 bits per heavy atom. The Bertz CT molecular complexity index is 348. The van der Waals surface area contributed by atoms with E-state index in [1.54, 1.807) is 0 Å². The molecule has 0 aromatic carbocycles. The second kappa shape index (κ2) is 6.37. The predicted molar refractivity (Wildman–Crippen MR) is 47.8 cm³/mol. The van der Waals surface area contributed by atoms with E-state index in [0.29, 0.717) is 0 Å². The Balaban J connectivity index is 3.80. The molecule has 3 N–H and O–H groups in total.